The monoisotopic (exact) mass is 305 g/mol. The predicted molar refractivity (Wildman–Crippen MR) is 92.2 cm³/mol. The van der Waals surface area contributed by atoms with Crippen molar-refractivity contribution in [2.75, 3.05) is 6.54 Å². The van der Waals surface area contributed by atoms with Crippen molar-refractivity contribution in [3.63, 3.8) is 0 Å². The van der Waals surface area contributed by atoms with E-state index in [0.717, 1.165) is 24.3 Å². The van der Waals surface area contributed by atoms with Crippen LogP contribution in [0.4, 0.5) is 0 Å². The molecule has 0 saturated carbocycles. The molecule has 0 fully saturated rings. The van der Waals surface area contributed by atoms with Gasteiger partial charge < -0.3 is 10.1 Å². The number of nitrogens with one attached hydrogen (secondary N) is 1. The van der Waals surface area contributed by atoms with E-state index in [0.29, 0.717) is 12.3 Å². The Balaban J connectivity index is 2.50. The van der Waals surface area contributed by atoms with Gasteiger partial charge in [0, 0.05) is 6.54 Å². The first-order valence-electron chi connectivity index (χ1n) is 8.61. The van der Waals surface area contributed by atoms with Crippen molar-refractivity contribution >= 4 is 5.91 Å². The van der Waals surface area contributed by atoms with Crippen LogP contribution in [0.25, 0.3) is 0 Å². The molecule has 1 rings (SSSR count). The van der Waals surface area contributed by atoms with Gasteiger partial charge in [-0.2, -0.15) is 0 Å². The van der Waals surface area contributed by atoms with Gasteiger partial charge in [-0.1, -0.05) is 52.2 Å². The zero-order valence-corrected chi connectivity index (χ0v) is 14.5. The average Bonchev–Trinajstić information content (AvgIpc) is 2.52. The maximum absolute atomic E-state index is 12.3. The Labute approximate surface area is 135 Å². The van der Waals surface area contributed by atoms with E-state index < -0.39 is 6.10 Å². The molecule has 3 heteroatoms. The number of amides is 1. The molecular weight excluding hydrogens is 274 g/mol. The Kier molecular flexibility index (Phi) is 8.64. The summed E-state index contributed by atoms with van der Waals surface area (Å²) in [7, 11) is 0. The largest absolute Gasteiger partial charge is 0.481 e. The third-order valence-electron chi connectivity index (χ3n) is 4.04. The first kappa shape index (κ1) is 18.5. The molecule has 0 bridgehead atoms. The lowest BCUT2D eigenvalue weighted by Crippen LogP contribution is -2.40. The first-order valence-corrected chi connectivity index (χ1v) is 8.61. The van der Waals surface area contributed by atoms with Gasteiger partial charge in [0.1, 0.15) is 5.75 Å². The van der Waals surface area contributed by atoms with E-state index in [1.54, 1.807) is 0 Å². The van der Waals surface area contributed by atoms with E-state index in [4.69, 9.17) is 4.74 Å². The number of ether oxygens (including phenoxy) is 1. The fourth-order valence-electron chi connectivity index (χ4n) is 2.48. The van der Waals surface area contributed by atoms with Crippen LogP contribution in [0, 0.1) is 12.8 Å². The second-order valence-corrected chi connectivity index (χ2v) is 5.99. The van der Waals surface area contributed by atoms with Crippen LogP contribution in [0.5, 0.6) is 5.75 Å². The third kappa shape index (κ3) is 6.50. The lowest BCUT2D eigenvalue weighted by molar-refractivity contribution is -0.128. The standard InChI is InChI=1S/C19H31NO2/c1-5-8-11-16(6-2)14-20-19(21)18(7-3)22-17-12-9-10-15(4)13-17/h9-10,12-13,16,18H,5-8,11,14H2,1-4H3,(H,20,21)/t16-,18-/m0/s1. The average molecular weight is 305 g/mol. The molecule has 0 spiro atoms. The lowest BCUT2D eigenvalue weighted by atomic mass is 9.99. The van der Waals surface area contributed by atoms with Gasteiger partial charge in [-0.15, -0.1) is 0 Å². The molecule has 0 aliphatic rings. The number of aryl methyl sites for hydroxylation is 1. The molecule has 22 heavy (non-hydrogen) atoms. The maximum Gasteiger partial charge on any atom is 0.261 e. The number of unbranched alkanes of at least 4 members (excludes halogenated alkanes) is 1. The van der Waals surface area contributed by atoms with Crippen LogP contribution < -0.4 is 10.1 Å². The summed E-state index contributed by atoms with van der Waals surface area (Å²) in [6.07, 6.45) is 4.99. The Hall–Kier alpha value is -1.51. The number of benzene rings is 1. The van der Waals surface area contributed by atoms with E-state index >= 15 is 0 Å². The summed E-state index contributed by atoms with van der Waals surface area (Å²) < 4.78 is 5.84. The highest BCUT2D eigenvalue weighted by molar-refractivity contribution is 5.81. The molecule has 2 atom stereocenters. The van der Waals surface area contributed by atoms with E-state index in [2.05, 4.69) is 19.2 Å². The van der Waals surface area contributed by atoms with Gasteiger partial charge in [0.15, 0.2) is 6.10 Å². The smallest absolute Gasteiger partial charge is 0.261 e. The van der Waals surface area contributed by atoms with Crippen LogP contribution in [0.3, 0.4) is 0 Å². The molecule has 1 N–H and O–H groups in total. The van der Waals surface area contributed by atoms with E-state index in [-0.39, 0.29) is 5.91 Å². The van der Waals surface area contributed by atoms with E-state index in [9.17, 15) is 4.79 Å². The van der Waals surface area contributed by atoms with Gasteiger partial charge in [-0.3, -0.25) is 4.79 Å². The Morgan fingerprint density at radius 3 is 2.59 bits per heavy atom. The van der Waals surface area contributed by atoms with Crippen LogP contribution in [0.15, 0.2) is 24.3 Å². The summed E-state index contributed by atoms with van der Waals surface area (Å²) in [6, 6.07) is 7.84. The van der Waals surface area contributed by atoms with E-state index in [1.165, 1.54) is 19.3 Å². The van der Waals surface area contributed by atoms with Crippen molar-refractivity contribution in [3.8, 4) is 5.75 Å². The zero-order valence-electron chi connectivity index (χ0n) is 14.5. The van der Waals surface area contributed by atoms with Gasteiger partial charge >= 0.3 is 0 Å². The van der Waals surface area contributed by atoms with Crippen molar-refractivity contribution < 1.29 is 9.53 Å². The van der Waals surface area contributed by atoms with Crippen LogP contribution in [0.2, 0.25) is 0 Å². The number of carbonyl (C=O) groups excluding carboxylic acids is 1. The summed E-state index contributed by atoms with van der Waals surface area (Å²) in [6.45, 7) is 9.14. The highest BCUT2D eigenvalue weighted by Crippen LogP contribution is 2.16. The molecule has 0 radical (unpaired) electrons. The quantitative estimate of drug-likeness (QED) is 0.692. The van der Waals surface area contributed by atoms with Crippen molar-refractivity contribution in [1.82, 2.24) is 5.32 Å². The fraction of sp³-hybridized carbons (Fsp3) is 0.632. The van der Waals surface area contributed by atoms with Crippen molar-refractivity contribution in [3.05, 3.63) is 29.8 Å². The number of hydrogen-bond acceptors (Lipinski definition) is 2. The SMILES string of the molecule is CCCC[C@H](CC)CNC(=O)[C@H](CC)Oc1cccc(C)c1. The number of rotatable bonds is 10. The number of carbonyl (C=O) groups is 1. The highest BCUT2D eigenvalue weighted by atomic mass is 16.5. The molecule has 3 nitrogen and oxygen atoms in total. The molecule has 0 aromatic heterocycles. The van der Waals surface area contributed by atoms with Crippen LogP contribution in [-0.4, -0.2) is 18.6 Å². The van der Waals surface area contributed by atoms with Crippen molar-refractivity contribution in [1.29, 1.82) is 0 Å². The van der Waals surface area contributed by atoms with Gasteiger partial charge in [-0.25, -0.2) is 0 Å². The molecule has 0 aliphatic carbocycles. The number of hydrogen-bond donors (Lipinski definition) is 1. The summed E-state index contributed by atoms with van der Waals surface area (Å²) in [5.41, 5.74) is 1.14. The zero-order chi connectivity index (χ0) is 16.4. The normalized spacial score (nSPS) is 13.5. The van der Waals surface area contributed by atoms with Crippen molar-refractivity contribution in [2.45, 2.75) is 65.9 Å². The molecule has 0 unspecified atom stereocenters. The Morgan fingerprint density at radius 2 is 2.00 bits per heavy atom. The van der Waals surface area contributed by atoms with Gasteiger partial charge in [0.2, 0.25) is 0 Å². The Bertz CT molecular complexity index is 445. The second kappa shape index (κ2) is 10.3. The molecule has 1 aromatic carbocycles. The van der Waals surface area contributed by atoms with Crippen LogP contribution in [-0.2, 0) is 4.79 Å². The minimum atomic E-state index is -0.412. The van der Waals surface area contributed by atoms with Crippen molar-refractivity contribution in [2.24, 2.45) is 5.92 Å². The maximum atomic E-state index is 12.3. The van der Waals surface area contributed by atoms with Gasteiger partial charge in [-0.05, 0) is 43.4 Å². The van der Waals surface area contributed by atoms with Crippen LogP contribution in [0.1, 0.15) is 58.4 Å². The van der Waals surface area contributed by atoms with E-state index in [1.807, 2.05) is 38.1 Å². The lowest BCUT2D eigenvalue weighted by Gasteiger charge is -2.20. The minimum absolute atomic E-state index is 0.000968. The molecule has 1 aromatic rings. The Morgan fingerprint density at radius 1 is 1.23 bits per heavy atom. The predicted octanol–water partition coefficient (Wildman–Crippen LogP) is 4.49. The summed E-state index contributed by atoms with van der Waals surface area (Å²) in [5, 5.41) is 3.06. The fourth-order valence-corrected chi connectivity index (χ4v) is 2.48. The first-order chi connectivity index (χ1) is 10.6. The topological polar surface area (TPSA) is 38.3 Å². The molecule has 0 aliphatic heterocycles. The minimum Gasteiger partial charge on any atom is -0.481 e. The van der Waals surface area contributed by atoms with Gasteiger partial charge in [0.25, 0.3) is 5.91 Å². The summed E-state index contributed by atoms with van der Waals surface area (Å²) in [5.74, 6) is 1.33. The molecule has 1 amide bonds. The molecule has 0 saturated heterocycles. The molecular formula is C19H31NO2. The molecule has 124 valence electrons. The third-order valence-corrected chi connectivity index (χ3v) is 4.04. The summed E-state index contributed by atoms with van der Waals surface area (Å²) in [4.78, 5) is 12.3. The van der Waals surface area contributed by atoms with Gasteiger partial charge in [0.05, 0.1) is 0 Å². The van der Waals surface area contributed by atoms with Crippen LogP contribution >= 0.6 is 0 Å². The summed E-state index contributed by atoms with van der Waals surface area (Å²) >= 11 is 0. The molecule has 0 heterocycles. The second-order valence-electron chi connectivity index (χ2n) is 5.99. The highest BCUT2D eigenvalue weighted by Gasteiger charge is 2.19.